The van der Waals surface area contributed by atoms with Crippen LogP contribution in [0.1, 0.15) is 31.9 Å². The summed E-state index contributed by atoms with van der Waals surface area (Å²) in [4.78, 5) is 4.17. The molecular formula is C12H17N. The van der Waals surface area contributed by atoms with Gasteiger partial charge in [0.05, 0.1) is 0 Å². The maximum atomic E-state index is 4.17. The lowest BCUT2D eigenvalue weighted by Gasteiger charge is -2.26. The van der Waals surface area contributed by atoms with Crippen molar-refractivity contribution in [3.8, 4) is 0 Å². The van der Waals surface area contributed by atoms with Gasteiger partial charge < -0.3 is 0 Å². The number of hydrogen-bond acceptors (Lipinski definition) is 1. The van der Waals surface area contributed by atoms with Gasteiger partial charge in [-0.1, -0.05) is 20.8 Å². The molecule has 0 amide bonds. The Labute approximate surface area is 80.2 Å². The first-order valence-corrected chi connectivity index (χ1v) is 4.99. The first-order valence-electron chi connectivity index (χ1n) is 4.99. The molecule has 0 N–H and O–H groups in total. The van der Waals surface area contributed by atoms with Crippen molar-refractivity contribution in [2.45, 2.75) is 33.6 Å². The average Bonchev–Trinajstić information content (AvgIpc) is 2.45. The third kappa shape index (κ3) is 1.60. The molecule has 1 aliphatic rings. The van der Waals surface area contributed by atoms with Crippen LogP contribution >= 0.6 is 0 Å². The lowest BCUT2D eigenvalue weighted by Crippen LogP contribution is -2.20. The predicted molar refractivity (Wildman–Crippen MR) is 54.6 cm³/mol. The van der Waals surface area contributed by atoms with E-state index >= 15 is 0 Å². The molecule has 1 aliphatic carbocycles. The summed E-state index contributed by atoms with van der Waals surface area (Å²) in [6.07, 6.45) is 6.39. The molecule has 70 valence electrons. The second-order valence-corrected chi connectivity index (χ2v) is 5.12. The molecule has 0 saturated carbocycles. The van der Waals surface area contributed by atoms with Gasteiger partial charge >= 0.3 is 0 Å². The molecule has 0 saturated heterocycles. The van der Waals surface area contributed by atoms with Crippen molar-refractivity contribution < 1.29 is 0 Å². The highest BCUT2D eigenvalue weighted by Gasteiger charge is 2.30. The molecule has 0 fully saturated rings. The standard InChI is InChI=1S/C12H17N/c1-12(2,3)11-6-9-4-5-13-8-10(9)7-11/h4-5,8,11H,6-7H2,1-3H3/t11-/m0/s1. The molecule has 1 nitrogen and oxygen atoms in total. The fourth-order valence-corrected chi connectivity index (χ4v) is 2.05. The summed E-state index contributed by atoms with van der Waals surface area (Å²) in [6.45, 7) is 6.99. The van der Waals surface area contributed by atoms with Gasteiger partial charge in [0, 0.05) is 12.4 Å². The van der Waals surface area contributed by atoms with E-state index in [-0.39, 0.29) is 0 Å². The summed E-state index contributed by atoms with van der Waals surface area (Å²) in [5.74, 6) is 0.798. The van der Waals surface area contributed by atoms with Crippen molar-refractivity contribution in [1.29, 1.82) is 0 Å². The number of hydrogen-bond donors (Lipinski definition) is 0. The van der Waals surface area contributed by atoms with Crippen LogP contribution < -0.4 is 0 Å². The number of nitrogens with zero attached hydrogens (tertiary/aromatic N) is 1. The van der Waals surface area contributed by atoms with Gasteiger partial charge in [-0.3, -0.25) is 4.98 Å². The van der Waals surface area contributed by atoms with E-state index in [0.29, 0.717) is 5.41 Å². The van der Waals surface area contributed by atoms with Crippen LogP contribution in [-0.4, -0.2) is 4.98 Å². The summed E-state index contributed by atoms with van der Waals surface area (Å²) in [5, 5.41) is 0. The Morgan fingerprint density at radius 2 is 1.92 bits per heavy atom. The Morgan fingerprint density at radius 3 is 2.54 bits per heavy atom. The Bertz CT molecular complexity index is 284. The van der Waals surface area contributed by atoms with Gasteiger partial charge in [-0.25, -0.2) is 0 Å². The van der Waals surface area contributed by atoms with Crippen molar-refractivity contribution >= 4 is 0 Å². The molecule has 0 bridgehead atoms. The van der Waals surface area contributed by atoms with E-state index in [1.807, 2.05) is 12.4 Å². The molecule has 0 aliphatic heterocycles. The van der Waals surface area contributed by atoms with Crippen molar-refractivity contribution in [3.05, 3.63) is 29.6 Å². The molecule has 1 aromatic rings. The summed E-state index contributed by atoms with van der Waals surface area (Å²) in [5.41, 5.74) is 3.40. The summed E-state index contributed by atoms with van der Waals surface area (Å²) < 4.78 is 0. The van der Waals surface area contributed by atoms with Crippen LogP contribution in [0.4, 0.5) is 0 Å². The van der Waals surface area contributed by atoms with Gasteiger partial charge in [-0.2, -0.15) is 0 Å². The zero-order chi connectivity index (χ0) is 9.47. The zero-order valence-corrected chi connectivity index (χ0v) is 8.67. The SMILES string of the molecule is CC(C)(C)[C@H]1Cc2ccncc2C1. The van der Waals surface area contributed by atoms with E-state index < -0.39 is 0 Å². The van der Waals surface area contributed by atoms with Gasteiger partial charge in [0.15, 0.2) is 0 Å². The molecule has 13 heavy (non-hydrogen) atoms. The molecule has 1 heterocycles. The van der Waals surface area contributed by atoms with Gasteiger partial charge in [-0.05, 0) is 41.4 Å². The number of fused-ring (bicyclic) bond motifs is 1. The molecule has 0 aromatic carbocycles. The normalized spacial score (nSPS) is 21.6. The first-order chi connectivity index (χ1) is 6.07. The molecule has 1 atom stereocenters. The van der Waals surface area contributed by atoms with Crippen LogP contribution in [0.25, 0.3) is 0 Å². The lowest BCUT2D eigenvalue weighted by atomic mass is 9.79. The topological polar surface area (TPSA) is 12.9 Å². The van der Waals surface area contributed by atoms with Gasteiger partial charge in [0.25, 0.3) is 0 Å². The van der Waals surface area contributed by atoms with E-state index in [9.17, 15) is 0 Å². The number of pyridine rings is 1. The number of rotatable bonds is 0. The third-order valence-corrected chi connectivity index (χ3v) is 3.16. The molecular weight excluding hydrogens is 158 g/mol. The van der Waals surface area contributed by atoms with Crippen LogP contribution in [-0.2, 0) is 12.8 Å². The minimum Gasteiger partial charge on any atom is -0.264 e. The average molecular weight is 175 g/mol. The molecule has 1 aromatic heterocycles. The second kappa shape index (κ2) is 2.83. The van der Waals surface area contributed by atoms with Crippen LogP contribution in [0.15, 0.2) is 18.5 Å². The van der Waals surface area contributed by atoms with Crippen LogP contribution in [0.2, 0.25) is 0 Å². The summed E-state index contributed by atoms with van der Waals surface area (Å²) in [6, 6.07) is 2.17. The Balaban J connectivity index is 2.23. The quantitative estimate of drug-likeness (QED) is 0.591. The highest BCUT2D eigenvalue weighted by atomic mass is 14.6. The smallest absolute Gasteiger partial charge is 0.0302 e. The van der Waals surface area contributed by atoms with E-state index in [1.54, 1.807) is 0 Å². The third-order valence-electron chi connectivity index (χ3n) is 3.16. The maximum Gasteiger partial charge on any atom is 0.0302 e. The molecule has 0 unspecified atom stereocenters. The fraction of sp³-hybridized carbons (Fsp3) is 0.583. The van der Waals surface area contributed by atoms with Crippen LogP contribution in [0, 0.1) is 11.3 Å². The first kappa shape index (κ1) is 8.74. The molecule has 2 rings (SSSR count). The fourth-order valence-electron chi connectivity index (χ4n) is 2.05. The van der Waals surface area contributed by atoms with Crippen LogP contribution in [0.5, 0.6) is 0 Å². The van der Waals surface area contributed by atoms with Gasteiger partial charge in [-0.15, -0.1) is 0 Å². The van der Waals surface area contributed by atoms with Gasteiger partial charge in [0.1, 0.15) is 0 Å². The van der Waals surface area contributed by atoms with E-state index in [0.717, 1.165) is 5.92 Å². The van der Waals surface area contributed by atoms with E-state index in [1.165, 1.54) is 24.0 Å². The highest BCUT2D eigenvalue weighted by molar-refractivity contribution is 5.29. The molecule has 0 spiro atoms. The monoisotopic (exact) mass is 175 g/mol. The Hall–Kier alpha value is -0.850. The van der Waals surface area contributed by atoms with E-state index in [2.05, 4.69) is 31.8 Å². The summed E-state index contributed by atoms with van der Waals surface area (Å²) >= 11 is 0. The van der Waals surface area contributed by atoms with E-state index in [4.69, 9.17) is 0 Å². The predicted octanol–water partition coefficient (Wildman–Crippen LogP) is 2.84. The van der Waals surface area contributed by atoms with Crippen molar-refractivity contribution in [1.82, 2.24) is 4.98 Å². The van der Waals surface area contributed by atoms with Crippen molar-refractivity contribution in [2.24, 2.45) is 11.3 Å². The zero-order valence-electron chi connectivity index (χ0n) is 8.67. The van der Waals surface area contributed by atoms with Gasteiger partial charge in [0.2, 0.25) is 0 Å². The minimum absolute atomic E-state index is 0.430. The largest absolute Gasteiger partial charge is 0.264 e. The second-order valence-electron chi connectivity index (χ2n) is 5.12. The Morgan fingerprint density at radius 1 is 1.23 bits per heavy atom. The summed E-state index contributed by atoms with van der Waals surface area (Å²) in [7, 11) is 0. The minimum atomic E-state index is 0.430. The van der Waals surface area contributed by atoms with Crippen LogP contribution in [0.3, 0.4) is 0 Å². The molecule has 0 radical (unpaired) electrons. The number of aromatic nitrogens is 1. The lowest BCUT2D eigenvalue weighted by molar-refractivity contribution is 0.251. The van der Waals surface area contributed by atoms with Crippen molar-refractivity contribution in [3.63, 3.8) is 0 Å². The Kier molecular flexibility index (Phi) is 1.90. The van der Waals surface area contributed by atoms with Crippen molar-refractivity contribution in [2.75, 3.05) is 0 Å². The molecule has 1 heteroatoms. The highest BCUT2D eigenvalue weighted by Crippen LogP contribution is 2.37. The maximum absolute atomic E-state index is 4.17.